The number of carbonyl (C=O) groups is 1. The van der Waals surface area contributed by atoms with Gasteiger partial charge in [-0.15, -0.1) is 0 Å². The fourth-order valence-electron chi connectivity index (χ4n) is 4.87. The van der Waals surface area contributed by atoms with Crippen LogP contribution in [0.5, 0.6) is 0 Å². The normalized spacial score (nSPS) is 18.3. The molecule has 0 radical (unpaired) electrons. The highest BCUT2D eigenvalue weighted by molar-refractivity contribution is 5.70. The molecule has 1 fully saturated rings. The second-order valence-corrected chi connectivity index (χ2v) is 9.50. The van der Waals surface area contributed by atoms with Crippen LogP contribution in [-0.2, 0) is 11.3 Å². The van der Waals surface area contributed by atoms with E-state index in [1.807, 2.05) is 24.3 Å². The number of aliphatic carboxylic acids is 1. The molecule has 2 aromatic heterocycles. The molecular formula is C28H30N8O2. The molecule has 0 saturated heterocycles. The van der Waals surface area contributed by atoms with E-state index in [0.29, 0.717) is 35.0 Å². The number of nitrogen functional groups attached to an aromatic ring is 1. The lowest BCUT2D eigenvalue weighted by Crippen LogP contribution is -2.24. The second-order valence-electron chi connectivity index (χ2n) is 9.50. The molecule has 4 rings (SSSR count). The minimum absolute atomic E-state index is 0.0372. The number of benzene rings is 1. The molecule has 1 aromatic carbocycles. The zero-order valence-electron chi connectivity index (χ0n) is 21.1. The Hall–Kier alpha value is -4.65. The lowest BCUT2D eigenvalue weighted by Gasteiger charge is -2.30. The lowest BCUT2D eigenvalue weighted by atomic mass is 9.75. The number of nitrogens with one attached hydrogen (secondary N) is 2. The van der Waals surface area contributed by atoms with Crippen LogP contribution in [0.3, 0.4) is 0 Å². The highest BCUT2D eigenvalue weighted by atomic mass is 16.4. The fraction of sp³-hybridized carbons (Fsp3) is 0.321. The minimum atomic E-state index is -0.691. The SMILES string of the molecule is CC(c1cccc(CN/C=C(\N=N)c2cc(-c3cccc(C#N)c3)nc(N)n2)n1)[C@H]1CC[C@H](C(=O)O)CC1. The zero-order valence-corrected chi connectivity index (χ0v) is 21.1. The minimum Gasteiger partial charge on any atom is -0.481 e. The highest BCUT2D eigenvalue weighted by Crippen LogP contribution is 2.37. The van der Waals surface area contributed by atoms with Gasteiger partial charge in [0, 0.05) is 23.4 Å². The molecule has 1 aliphatic carbocycles. The number of carboxylic acid groups (broad SMARTS) is 1. The van der Waals surface area contributed by atoms with E-state index >= 15 is 0 Å². The van der Waals surface area contributed by atoms with E-state index in [-0.39, 0.29) is 23.5 Å². The van der Waals surface area contributed by atoms with E-state index in [1.165, 1.54) is 0 Å². The third-order valence-electron chi connectivity index (χ3n) is 7.06. The predicted octanol–water partition coefficient (Wildman–Crippen LogP) is 5.11. The Balaban J connectivity index is 1.44. The van der Waals surface area contributed by atoms with Crippen LogP contribution in [-0.4, -0.2) is 26.0 Å². The molecule has 194 valence electrons. The van der Waals surface area contributed by atoms with Crippen molar-refractivity contribution >= 4 is 17.6 Å². The lowest BCUT2D eigenvalue weighted by molar-refractivity contribution is -0.143. The van der Waals surface area contributed by atoms with Crippen LogP contribution in [0.2, 0.25) is 0 Å². The maximum atomic E-state index is 11.3. The van der Waals surface area contributed by atoms with E-state index < -0.39 is 5.97 Å². The van der Waals surface area contributed by atoms with Gasteiger partial charge in [0.15, 0.2) is 0 Å². The molecule has 1 unspecified atom stereocenters. The number of nitriles is 1. The number of rotatable bonds is 9. The van der Waals surface area contributed by atoms with Gasteiger partial charge in [-0.1, -0.05) is 25.1 Å². The molecule has 2 heterocycles. The van der Waals surface area contributed by atoms with Crippen molar-refractivity contribution in [1.82, 2.24) is 20.3 Å². The molecule has 0 aliphatic heterocycles. The second kappa shape index (κ2) is 12.1. The Bertz CT molecular complexity index is 1390. The Labute approximate surface area is 221 Å². The van der Waals surface area contributed by atoms with Gasteiger partial charge in [-0.05, 0) is 61.9 Å². The monoisotopic (exact) mass is 510 g/mol. The van der Waals surface area contributed by atoms with Crippen molar-refractivity contribution in [2.45, 2.75) is 45.1 Å². The molecule has 1 aliphatic rings. The Kier molecular flexibility index (Phi) is 8.38. The molecule has 10 nitrogen and oxygen atoms in total. The molecule has 5 N–H and O–H groups in total. The third kappa shape index (κ3) is 6.37. The molecule has 3 aromatic rings. The maximum Gasteiger partial charge on any atom is 0.306 e. The maximum absolute atomic E-state index is 11.3. The first kappa shape index (κ1) is 26.4. The average Bonchev–Trinajstić information content (AvgIpc) is 2.95. The molecule has 0 spiro atoms. The summed E-state index contributed by atoms with van der Waals surface area (Å²) in [6.07, 6.45) is 4.81. The van der Waals surface area contributed by atoms with Gasteiger partial charge in [0.25, 0.3) is 0 Å². The first-order chi connectivity index (χ1) is 18.4. The first-order valence-corrected chi connectivity index (χ1v) is 12.5. The Morgan fingerprint density at radius 2 is 1.97 bits per heavy atom. The summed E-state index contributed by atoms with van der Waals surface area (Å²) >= 11 is 0. The number of nitrogens with zero attached hydrogens (tertiary/aromatic N) is 5. The van der Waals surface area contributed by atoms with Crippen molar-refractivity contribution in [2.24, 2.45) is 17.0 Å². The van der Waals surface area contributed by atoms with Gasteiger partial charge in [0.1, 0.15) is 5.70 Å². The summed E-state index contributed by atoms with van der Waals surface area (Å²) in [6, 6.07) is 16.7. The fourth-order valence-corrected chi connectivity index (χ4v) is 4.87. The van der Waals surface area contributed by atoms with Crippen molar-refractivity contribution < 1.29 is 9.90 Å². The summed E-state index contributed by atoms with van der Waals surface area (Å²) in [5, 5.41) is 25.2. The Morgan fingerprint density at radius 1 is 1.21 bits per heavy atom. The number of pyridine rings is 1. The highest BCUT2D eigenvalue weighted by Gasteiger charge is 2.29. The zero-order chi connectivity index (χ0) is 27.1. The van der Waals surface area contributed by atoms with Crippen LogP contribution >= 0.6 is 0 Å². The molecular weight excluding hydrogens is 480 g/mol. The van der Waals surface area contributed by atoms with Gasteiger partial charge in [-0.2, -0.15) is 10.4 Å². The third-order valence-corrected chi connectivity index (χ3v) is 7.06. The summed E-state index contributed by atoms with van der Waals surface area (Å²) in [5.74, 6) is -0.227. The van der Waals surface area contributed by atoms with E-state index in [0.717, 1.165) is 37.1 Å². The number of anilines is 1. The molecule has 38 heavy (non-hydrogen) atoms. The number of hydrogen-bond donors (Lipinski definition) is 4. The summed E-state index contributed by atoms with van der Waals surface area (Å²) in [4.78, 5) is 24.6. The smallest absolute Gasteiger partial charge is 0.306 e. The van der Waals surface area contributed by atoms with Crippen LogP contribution in [0.15, 0.2) is 59.8 Å². The number of aromatic nitrogens is 3. The van der Waals surface area contributed by atoms with Crippen molar-refractivity contribution in [3.05, 3.63) is 77.4 Å². The molecule has 10 heteroatoms. The van der Waals surface area contributed by atoms with Gasteiger partial charge in [-0.3, -0.25) is 9.78 Å². The summed E-state index contributed by atoms with van der Waals surface area (Å²) < 4.78 is 0. The summed E-state index contributed by atoms with van der Waals surface area (Å²) in [5.41, 5.74) is 17.8. The standard InChI is InChI=1S/C28H30N8O2/c1-17(19-8-10-20(11-9-19)27(37)38)23-7-3-6-22(33-23)15-32-16-26(36-31)25-13-24(34-28(30)35-25)21-5-2-4-18(12-21)14-29/h2-7,12-13,16-17,19-20,31-32H,8-11,15H2,1H3,(H,37,38)(H2,30,34,35)/b26-16-,36-31?/t17?,19-,20-. The van der Waals surface area contributed by atoms with Crippen molar-refractivity contribution in [3.8, 4) is 17.3 Å². The predicted molar refractivity (Wildman–Crippen MR) is 142 cm³/mol. The van der Waals surface area contributed by atoms with Crippen LogP contribution in [0.4, 0.5) is 5.95 Å². The van der Waals surface area contributed by atoms with Gasteiger partial charge in [-0.25, -0.2) is 15.5 Å². The molecule has 0 bridgehead atoms. The van der Waals surface area contributed by atoms with Crippen LogP contribution in [0, 0.1) is 28.7 Å². The summed E-state index contributed by atoms with van der Waals surface area (Å²) in [6.45, 7) is 2.58. The first-order valence-electron chi connectivity index (χ1n) is 12.5. The molecule has 1 saturated carbocycles. The topological polar surface area (TPSA) is 174 Å². The van der Waals surface area contributed by atoms with Crippen molar-refractivity contribution in [3.63, 3.8) is 0 Å². The molecule has 1 atom stereocenters. The molecule has 0 amide bonds. The van der Waals surface area contributed by atoms with Gasteiger partial charge >= 0.3 is 5.97 Å². The van der Waals surface area contributed by atoms with Gasteiger partial charge < -0.3 is 16.2 Å². The van der Waals surface area contributed by atoms with Crippen molar-refractivity contribution in [2.75, 3.05) is 5.73 Å². The Morgan fingerprint density at radius 3 is 2.68 bits per heavy atom. The average molecular weight is 511 g/mol. The van der Waals surface area contributed by atoms with Crippen LogP contribution in [0.1, 0.15) is 61.2 Å². The number of carboxylic acids is 1. The number of hydrogen-bond acceptors (Lipinski definition) is 9. The quantitative estimate of drug-likeness (QED) is 0.287. The largest absolute Gasteiger partial charge is 0.481 e. The summed E-state index contributed by atoms with van der Waals surface area (Å²) in [7, 11) is 0. The van der Waals surface area contributed by atoms with Gasteiger partial charge in [0.2, 0.25) is 5.95 Å². The van der Waals surface area contributed by atoms with E-state index in [1.54, 1.807) is 30.5 Å². The number of nitrogens with two attached hydrogens (primary N) is 1. The van der Waals surface area contributed by atoms with Crippen LogP contribution in [0.25, 0.3) is 17.0 Å². The van der Waals surface area contributed by atoms with E-state index in [9.17, 15) is 15.2 Å². The van der Waals surface area contributed by atoms with E-state index in [4.69, 9.17) is 16.2 Å². The van der Waals surface area contributed by atoms with E-state index in [2.05, 4.69) is 33.4 Å². The van der Waals surface area contributed by atoms with Gasteiger partial charge in [0.05, 0.1) is 41.2 Å². The van der Waals surface area contributed by atoms with Crippen LogP contribution < -0.4 is 11.1 Å². The van der Waals surface area contributed by atoms with Crippen molar-refractivity contribution in [1.29, 1.82) is 10.8 Å².